The fourth-order valence-corrected chi connectivity index (χ4v) is 2.00. The number of anilines is 2. The van der Waals surface area contributed by atoms with Gasteiger partial charge in [0.05, 0.1) is 12.8 Å². The monoisotopic (exact) mass is 293 g/mol. The Morgan fingerprint density at radius 3 is 2.28 bits per heavy atom. The number of halogens is 2. The molecule has 1 fully saturated rings. The minimum absolute atomic E-state index is 0. The van der Waals surface area contributed by atoms with Gasteiger partial charge in [-0.1, -0.05) is 0 Å². The third kappa shape index (κ3) is 3.83. The molecule has 18 heavy (non-hydrogen) atoms. The average molecular weight is 294 g/mol. The maximum absolute atomic E-state index is 5.82. The number of likely N-dealkylation sites (N-methyl/N-ethyl adjacent to an activating group) is 1. The van der Waals surface area contributed by atoms with Crippen molar-refractivity contribution in [2.24, 2.45) is 0 Å². The molecule has 4 nitrogen and oxygen atoms in total. The summed E-state index contributed by atoms with van der Waals surface area (Å²) in [7, 11) is 3.85. The van der Waals surface area contributed by atoms with E-state index in [-0.39, 0.29) is 24.8 Å². The molecule has 6 heteroatoms. The molecular formula is C12H21Cl2N3O. The summed E-state index contributed by atoms with van der Waals surface area (Å²) in [5.41, 5.74) is 7.72. The number of methoxy groups -OCH3 is 1. The van der Waals surface area contributed by atoms with Crippen LogP contribution < -0.4 is 15.4 Å². The van der Waals surface area contributed by atoms with Crippen molar-refractivity contribution in [3.63, 3.8) is 0 Å². The number of piperazine rings is 1. The van der Waals surface area contributed by atoms with Gasteiger partial charge in [0.1, 0.15) is 5.75 Å². The Hall–Kier alpha value is -0.840. The van der Waals surface area contributed by atoms with Crippen LogP contribution in [-0.4, -0.2) is 45.2 Å². The molecule has 104 valence electrons. The molecule has 2 N–H and O–H groups in total. The third-order valence-electron chi connectivity index (χ3n) is 3.05. The molecule has 1 aromatic carbocycles. The maximum Gasteiger partial charge on any atom is 0.142 e. The topological polar surface area (TPSA) is 41.7 Å². The van der Waals surface area contributed by atoms with E-state index in [1.165, 1.54) is 0 Å². The highest BCUT2D eigenvalue weighted by molar-refractivity contribution is 5.85. The molecule has 0 bridgehead atoms. The van der Waals surface area contributed by atoms with Crippen molar-refractivity contribution < 1.29 is 4.74 Å². The summed E-state index contributed by atoms with van der Waals surface area (Å²) in [5.74, 6) is 0.902. The first kappa shape index (κ1) is 17.2. The summed E-state index contributed by atoms with van der Waals surface area (Å²) in [5, 5.41) is 0. The highest BCUT2D eigenvalue weighted by atomic mass is 35.5. The van der Waals surface area contributed by atoms with Crippen LogP contribution in [0, 0.1) is 0 Å². The third-order valence-corrected chi connectivity index (χ3v) is 3.05. The first-order chi connectivity index (χ1) is 7.70. The van der Waals surface area contributed by atoms with Gasteiger partial charge in [0.15, 0.2) is 0 Å². The normalized spacial score (nSPS) is 15.6. The Kier molecular flexibility index (Phi) is 7.21. The molecule has 2 rings (SSSR count). The van der Waals surface area contributed by atoms with Crippen molar-refractivity contribution in [2.75, 3.05) is 51.0 Å². The largest absolute Gasteiger partial charge is 0.495 e. The summed E-state index contributed by atoms with van der Waals surface area (Å²) in [6.07, 6.45) is 0. The van der Waals surface area contributed by atoms with E-state index in [1.54, 1.807) is 7.11 Å². The van der Waals surface area contributed by atoms with Crippen molar-refractivity contribution in [2.45, 2.75) is 0 Å². The second kappa shape index (κ2) is 7.56. The van der Waals surface area contributed by atoms with Gasteiger partial charge >= 0.3 is 0 Å². The zero-order valence-corrected chi connectivity index (χ0v) is 12.4. The van der Waals surface area contributed by atoms with Gasteiger partial charge < -0.3 is 20.3 Å². The van der Waals surface area contributed by atoms with Crippen LogP contribution in [0.5, 0.6) is 5.75 Å². The van der Waals surface area contributed by atoms with E-state index in [0.29, 0.717) is 0 Å². The van der Waals surface area contributed by atoms with Crippen molar-refractivity contribution in [3.05, 3.63) is 18.2 Å². The predicted molar refractivity (Wildman–Crippen MR) is 81.6 cm³/mol. The van der Waals surface area contributed by atoms with E-state index in [0.717, 1.165) is 43.3 Å². The van der Waals surface area contributed by atoms with Crippen LogP contribution in [0.4, 0.5) is 11.4 Å². The number of benzene rings is 1. The molecule has 0 unspecified atom stereocenters. The molecule has 1 aliphatic rings. The van der Waals surface area contributed by atoms with Gasteiger partial charge in [-0.25, -0.2) is 0 Å². The summed E-state index contributed by atoms with van der Waals surface area (Å²) in [6, 6.07) is 5.80. The van der Waals surface area contributed by atoms with Crippen LogP contribution in [0.15, 0.2) is 18.2 Å². The lowest BCUT2D eigenvalue weighted by atomic mass is 10.2. The number of nitrogens with two attached hydrogens (primary N) is 1. The standard InChI is InChI=1S/C12H19N3O.2ClH/c1-14-5-7-15(8-6-14)11-9-10(13)3-4-12(11)16-2;;/h3-4,9H,5-8,13H2,1-2H3;2*1H. The number of hydrogen-bond donors (Lipinski definition) is 1. The quantitative estimate of drug-likeness (QED) is 0.846. The van der Waals surface area contributed by atoms with Gasteiger partial charge in [0.25, 0.3) is 0 Å². The Morgan fingerprint density at radius 1 is 1.11 bits per heavy atom. The number of rotatable bonds is 2. The number of hydrogen-bond acceptors (Lipinski definition) is 4. The molecule has 0 radical (unpaired) electrons. The number of ether oxygens (including phenoxy) is 1. The van der Waals surface area contributed by atoms with E-state index in [4.69, 9.17) is 10.5 Å². The molecule has 1 heterocycles. The van der Waals surface area contributed by atoms with Crippen LogP contribution in [0.1, 0.15) is 0 Å². The summed E-state index contributed by atoms with van der Waals surface area (Å²) >= 11 is 0. The average Bonchev–Trinajstić information content (AvgIpc) is 2.30. The van der Waals surface area contributed by atoms with Crippen molar-refractivity contribution in [1.29, 1.82) is 0 Å². The first-order valence-electron chi connectivity index (χ1n) is 5.57. The zero-order valence-electron chi connectivity index (χ0n) is 10.8. The van der Waals surface area contributed by atoms with Gasteiger partial charge in [0, 0.05) is 31.9 Å². The van der Waals surface area contributed by atoms with Gasteiger partial charge in [-0.3, -0.25) is 0 Å². The summed E-state index contributed by atoms with van der Waals surface area (Å²) < 4.78 is 5.37. The van der Waals surface area contributed by atoms with E-state index in [9.17, 15) is 0 Å². The highest BCUT2D eigenvalue weighted by Gasteiger charge is 2.17. The van der Waals surface area contributed by atoms with Gasteiger partial charge in [-0.15, -0.1) is 24.8 Å². The Balaban J connectivity index is 0.00000144. The molecule has 0 atom stereocenters. The SMILES string of the molecule is COc1ccc(N)cc1N1CCN(C)CC1.Cl.Cl. The van der Waals surface area contributed by atoms with Gasteiger partial charge in [0.2, 0.25) is 0 Å². The first-order valence-corrected chi connectivity index (χ1v) is 5.57. The van der Waals surface area contributed by atoms with Crippen molar-refractivity contribution in [1.82, 2.24) is 4.90 Å². The molecule has 0 aromatic heterocycles. The molecule has 0 amide bonds. The highest BCUT2D eigenvalue weighted by Crippen LogP contribution is 2.30. The van der Waals surface area contributed by atoms with E-state index >= 15 is 0 Å². The Bertz CT molecular complexity index is 368. The lowest BCUT2D eigenvalue weighted by Crippen LogP contribution is -2.44. The minimum Gasteiger partial charge on any atom is -0.495 e. The molecule has 0 aliphatic carbocycles. The van der Waals surface area contributed by atoms with E-state index in [2.05, 4.69) is 16.8 Å². The van der Waals surface area contributed by atoms with Crippen LogP contribution in [0.2, 0.25) is 0 Å². The lowest BCUT2D eigenvalue weighted by molar-refractivity contribution is 0.311. The second-order valence-electron chi connectivity index (χ2n) is 4.22. The van der Waals surface area contributed by atoms with Gasteiger partial charge in [-0.05, 0) is 25.2 Å². The molecule has 0 spiro atoms. The Morgan fingerprint density at radius 2 is 1.72 bits per heavy atom. The zero-order chi connectivity index (χ0) is 11.5. The Labute approximate surface area is 121 Å². The second-order valence-corrected chi connectivity index (χ2v) is 4.22. The van der Waals surface area contributed by atoms with Crippen molar-refractivity contribution in [3.8, 4) is 5.75 Å². The minimum atomic E-state index is 0. The molecule has 1 aromatic rings. The van der Waals surface area contributed by atoms with E-state index < -0.39 is 0 Å². The molecular weight excluding hydrogens is 273 g/mol. The maximum atomic E-state index is 5.82. The molecule has 1 saturated heterocycles. The van der Waals surface area contributed by atoms with Crippen LogP contribution in [0.3, 0.4) is 0 Å². The molecule has 0 saturated carbocycles. The summed E-state index contributed by atoms with van der Waals surface area (Å²) in [4.78, 5) is 4.66. The van der Waals surface area contributed by atoms with Gasteiger partial charge in [-0.2, -0.15) is 0 Å². The predicted octanol–water partition coefficient (Wildman–Crippen LogP) is 1.87. The lowest BCUT2D eigenvalue weighted by Gasteiger charge is -2.34. The van der Waals surface area contributed by atoms with Crippen LogP contribution in [-0.2, 0) is 0 Å². The van der Waals surface area contributed by atoms with Crippen molar-refractivity contribution >= 4 is 36.2 Å². The fraction of sp³-hybridized carbons (Fsp3) is 0.500. The number of nitrogen functional groups attached to an aromatic ring is 1. The van der Waals surface area contributed by atoms with Crippen LogP contribution in [0.25, 0.3) is 0 Å². The smallest absolute Gasteiger partial charge is 0.142 e. The summed E-state index contributed by atoms with van der Waals surface area (Å²) in [6.45, 7) is 4.21. The number of nitrogens with zero attached hydrogens (tertiary/aromatic N) is 2. The van der Waals surface area contributed by atoms with E-state index in [1.807, 2.05) is 18.2 Å². The van der Waals surface area contributed by atoms with Crippen LogP contribution >= 0.6 is 24.8 Å². The fourth-order valence-electron chi connectivity index (χ4n) is 2.00. The molecule has 1 aliphatic heterocycles.